The summed E-state index contributed by atoms with van der Waals surface area (Å²) in [4.78, 5) is 0. The largest absolute Gasteiger partial charge is 0.489 e. The summed E-state index contributed by atoms with van der Waals surface area (Å²) in [6, 6.07) is 6.81. The first-order valence-electron chi connectivity index (χ1n) is 5.51. The molecular weight excluding hydrogens is 186 g/mol. The molecule has 0 bridgehead atoms. The molecule has 0 saturated heterocycles. The number of rotatable bonds is 0. The zero-order chi connectivity index (χ0) is 11.1. The lowest BCUT2D eigenvalue weighted by Crippen LogP contribution is -2.28. The highest BCUT2D eigenvalue weighted by molar-refractivity contribution is 5.60. The van der Waals surface area contributed by atoms with Crippen LogP contribution in [-0.2, 0) is 5.41 Å². The normalized spacial score (nSPS) is 20.1. The fourth-order valence-electron chi connectivity index (χ4n) is 1.76. The molecule has 1 aliphatic rings. The molecule has 1 aliphatic heterocycles. The van der Waals surface area contributed by atoms with E-state index in [1.807, 2.05) is 0 Å². The van der Waals surface area contributed by atoms with Gasteiger partial charge in [0, 0.05) is 0 Å². The van der Waals surface area contributed by atoms with E-state index >= 15 is 0 Å². The van der Waals surface area contributed by atoms with Crippen LogP contribution in [-0.4, -0.2) is 12.6 Å². The van der Waals surface area contributed by atoms with Gasteiger partial charge in [0.05, 0.1) is 11.7 Å². The van der Waals surface area contributed by atoms with E-state index in [0.29, 0.717) is 6.04 Å². The van der Waals surface area contributed by atoms with Gasteiger partial charge in [-0.25, -0.2) is 0 Å². The van der Waals surface area contributed by atoms with Gasteiger partial charge in [-0.2, -0.15) is 0 Å². The van der Waals surface area contributed by atoms with Crippen LogP contribution in [0.2, 0.25) is 0 Å². The summed E-state index contributed by atoms with van der Waals surface area (Å²) in [6.07, 6.45) is 0. The Balaban J connectivity index is 2.37. The maximum Gasteiger partial charge on any atom is 0.142 e. The second-order valence-electron chi connectivity index (χ2n) is 5.32. The van der Waals surface area contributed by atoms with Gasteiger partial charge in [-0.3, -0.25) is 0 Å². The second kappa shape index (κ2) is 3.44. The zero-order valence-corrected chi connectivity index (χ0v) is 9.92. The van der Waals surface area contributed by atoms with Gasteiger partial charge in [-0.05, 0) is 30.0 Å². The van der Waals surface area contributed by atoms with Crippen LogP contribution >= 0.6 is 0 Å². The highest BCUT2D eigenvalue weighted by atomic mass is 16.5. The van der Waals surface area contributed by atoms with Crippen LogP contribution in [0.4, 0.5) is 5.69 Å². The van der Waals surface area contributed by atoms with Gasteiger partial charge < -0.3 is 10.1 Å². The third-order valence-electron chi connectivity index (χ3n) is 2.74. The summed E-state index contributed by atoms with van der Waals surface area (Å²) < 4.78 is 5.64. The summed E-state index contributed by atoms with van der Waals surface area (Å²) in [7, 11) is 0. The summed E-state index contributed by atoms with van der Waals surface area (Å²) >= 11 is 0. The lowest BCUT2D eigenvalue weighted by Gasteiger charge is -2.27. The molecule has 1 aromatic carbocycles. The number of benzene rings is 1. The standard InChI is InChI=1S/C13H19NO/c1-9-8-15-12-6-5-10(13(2,3)4)7-11(12)14-9/h5-7,9,14H,8H2,1-4H3. The minimum atomic E-state index is 0.192. The molecule has 1 aromatic rings. The number of anilines is 1. The van der Waals surface area contributed by atoms with Crippen molar-refractivity contribution in [3.8, 4) is 5.75 Å². The molecule has 82 valence electrons. The maximum absolute atomic E-state index is 5.64. The average Bonchev–Trinajstić information content (AvgIpc) is 2.15. The monoisotopic (exact) mass is 205 g/mol. The molecule has 2 nitrogen and oxygen atoms in total. The predicted octanol–water partition coefficient (Wildman–Crippen LogP) is 3.18. The Labute approximate surface area is 91.6 Å². The Morgan fingerprint density at radius 2 is 2.07 bits per heavy atom. The molecule has 2 heteroatoms. The van der Waals surface area contributed by atoms with Crippen molar-refractivity contribution in [2.24, 2.45) is 0 Å². The molecule has 2 rings (SSSR count). The first-order chi connectivity index (χ1) is 6.97. The molecule has 0 spiro atoms. The van der Waals surface area contributed by atoms with Crippen LogP contribution in [0.5, 0.6) is 5.75 Å². The van der Waals surface area contributed by atoms with Crippen LogP contribution in [0.25, 0.3) is 0 Å². The Kier molecular flexibility index (Phi) is 2.37. The minimum absolute atomic E-state index is 0.192. The Hall–Kier alpha value is -1.18. The fourth-order valence-corrected chi connectivity index (χ4v) is 1.76. The number of hydrogen-bond donors (Lipinski definition) is 1. The van der Waals surface area contributed by atoms with Gasteiger partial charge in [-0.15, -0.1) is 0 Å². The topological polar surface area (TPSA) is 21.3 Å². The molecule has 1 N–H and O–H groups in total. The van der Waals surface area contributed by atoms with E-state index in [0.717, 1.165) is 18.0 Å². The van der Waals surface area contributed by atoms with Gasteiger partial charge in [0.2, 0.25) is 0 Å². The summed E-state index contributed by atoms with van der Waals surface area (Å²) in [5.74, 6) is 0.973. The van der Waals surface area contributed by atoms with Crippen molar-refractivity contribution in [3.63, 3.8) is 0 Å². The van der Waals surface area contributed by atoms with Crippen LogP contribution in [0.15, 0.2) is 18.2 Å². The number of ether oxygens (including phenoxy) is 1. The van der Waals surface area contributed by atoms with E-state index in [2.05, 4.69) is 51.2 Å². The Bertz CT molecular complexity index is 365. The number of hydrogen-bond acceptors (Lipinski definition) is 2. The van der Waals surface area contributed by atoms with Crippen molar-refractivity contribution in [3.05, 3.63) is 23.8 Å². The summed E-state index contributed by atoms with van der Waals surface area (Å²) in [5.41, 5.74) is 2.66. The van der Waals surface area contributed by atoms with Gasteiger partial charge in [0.1, 0.15) is 12.4 Å². The van der Waals surface area contributed by atoms with E-state index in [1.54, 1.807) is 0 Å². The zero-order valence-electron chi connectivity index (χ0n) is 9.92. The third kappa shape index (κ3) is 2.09. The minimum Gasteiger partial charge on any atom is -0.489 e. The molecule has 15 heavy (non-hydrogen) atoms. The average molecular weight is 205 g/mol. The molecule has 0 aliphatic carbocycles. The van der Waals surface area contributed by atoms with E-state index in [9.17, 15) is 0 Å². The van der Waals surface area contributed by atoms with E-state index in [-0.39, 0.29) is 5.41 Å². The lowest BCUT2D eigenvalue weighted by atomic mass is 9.86. The molecule has 0 fully saturated rings. The number of fused-ring (bicyclic) bond motifs is 1. The van der Waals surface area contributed by atoms with Gasteiger partial charge in [0.25, 0.3) is 0 Å². The predicted molar refractivity (Wildman–Crippen MR) is 63.7 cm³/mol. The van der Waals surface area contributed by atoms with Crippen molar-refractivity contribution in [1.29, 1.82) is 0 Å². The van der Waals surface area contributed by atoms with Crippen LogP contribution < -0.4 is 10.1 Å². The molecule has 1 unspecified atom stereocenters. The van der Waals surface area contributed by atoms with Gasteiger partial charge in [0.15, 0.2) is 0 Å². The summed E-state index contributed by atoms with van der Waals surface area (Å²) in [5, 5.41) is 3.45. The molecular formula is C13H19NO. The third-order valence-corrected chi connectivity index (χ3v) is 2.74. The Morgan fingerprint density at radius 3 is 2.73 bits per heavy atom. The van der Waals surface area contributed by atoms with E-state index < -0.39 is 0 Å². The van der Waals surface area contributed by atoms with Gasteiger partial charge in [-0.1, -0.05) is 26.8 Å². The van der Waals surface area contributed by atoms with E-state index in [4.69, 9.17) is 4.74 Å². The molecule has 0 saturated carbocycles. The van der Waals surface area contributed by atoms with Crippen LogP contribution in [0, 0.1) is 0 Å². The highest BCUT2D eigenvalue weighted by Gasteiger charge is 2.19. The van der Waals surface area contributed by atoms with Crippen LogP contribution in [0.3, 0.4) is 0 Å². The van der Waals surface area contributed by atoms with Crippen molar-refractivity contribution >= 4 is 5.69 Å². The van der Waals surface area contributed by atoms with Crippen molar-refractivity contribution in [2.45, 2.75) is 39.2 Å². The lowest BCUT2D eigenvalue weighted by molar-refractivity contribution is 0.291. The first kappa shape index (κ1) is 10.3. The van der Waals surface area contributed by atoms with Gasteiger partial charge >= 0.3 is 0 Å². The maximum atomic E-state index is 5.64. The number of nitrogens with one attached hydrogen (secondary N) is 1. The van der Waals surface area contributed by atoms with E-state index in [1.165, 1.54) is 5.56 Å². The summed E-state index contributed by atoms with van der Waals surface area (Å²) in [6.45, 7) is 9.56. The smallest absolute Gasteiger partial charge is 0.142 e. The van der Waals surface area contributed by atoms with Crippen molar-refractivity contribution in [1.82, 2.24) is 0 Å². The Morgan fingerprint density at radius 1 is 1.33 bits per heavy atom. The quantitative estimate of drug-likeness (QED) is 0.702. The fraction of sp³-hybridized carbons (Fsp3) is 0.538. The van der Waals surface area contributed by atoms with Crippen molar-refractivity contribution in [2.75, 3.05) is 11.9 Å². The SMILES string of the molecule is CC1COc2ccc(C(C)(C)C)cc2N1. The molecule has 0 aromatic heterocycles. The second-order valence-corrected chi connectivity index (χ2v) is 5.32. The first-order valence-corrected chi connectivity index (χ1v) is 5.51. The highest BCUT2D eigenvalue weighted by Crippen LogP contribution is 2.33. The molecule has 0 radical (unpaired) electrons. The molecule has 1 heterocycles. The molecule has 0 amide bonds. The van der Waals surface area contributed by atoms with Crippen molar-refractivity contribution < 1.29 is 4.74 Å². The molecule has 1 atom stereocenters. The van der Waals surface area contributed by atoms with Crippen LogP contribution in [0.1, 0.15) is 33.3 Å².